The standard InChI is InChI=1S/C15H27N3/c1-12(10-16)6-5-9-17-14-8-7-13(11-18-14)15(2,3)4/h7-8,11-12H,5-6,9-10,16H2,1-4H3,(H,17,18). The predicted molar refractivity (Wildman–Crippen MR) is 78.9 cm³/mol. The minimum atomic E-state index is 0.169. The molecule has 0 fully saturated rings. The third-order valence-corrected chi connectivity index (χ3v) is 3.21. The molecule has 0 aliphatic heterocycles. The Hall–Kier alpha value is -1.09. The van der Waals surface area contributed by atoms with Gasteiger partial charge >= 0.3 is 0 Å². The lowest BCUT2D eigenvalue weighted by Gasteiger charge is -2.18. The van der Waals surface area contributed by atoms with E-state index in [2.05, 4.69) is 50.1 Å². The van der Waals surface area contributed by atoms with Gasteiger partial charge in [0.15, 0.2) is 0 Å². The summed E-state index contributed by atoms with van der Waals surface area (Å²) < 4.78 is 0. The van der Waals surface area contributed by atoms with Gasteiger partial charge in [0.2, 0.25) is 0 Å². The predicted octanol–water partition coefficient (Wildman–Crippen LogP) is 3.17. The second-order valence-corrected chi connectivity index (χ2v) is 6.09. The van der Waals surface area contributed by atoms with Crippen LogP contribution in [0.4, 0.5) is 5.82 Å². The Bertz CT molecular complexity index is 338. The van der Waals surface area contributed by atoms with Crippen LogP contribution in [0.15, 0.2) is 18.3 Å². The first-order valence-corrected chi connectivity index (χ1v) is 6.84. The van der Waals surface area contributed by atoms with E-state index in [1.165, 1.54) is 12.0 Å². The molecule has 0 bridgehead atoms. The molecule has 1 aromatic rings. The lowest BCUT2D eigenvalue weighted by Crippen LogP contribution is -2.13. The number of hydrogen-bond donors (Lipinski definition) is 2. The van der Waals surface area contributed by atoms with Crippen LogP contribution in [0.5, 0.6) is 0 Å². The molecule has 0 saturated carbocycles. The Labute approximate surface area is 111 Å². The Balaban J connectivity index is 2.36. The van der Waals surface area contributed by atoms with E-state index in [0.29, 0.717) is 5.92 Å². The first-order chi connectivity index (χ1) is 8.43. The van der Waals surface area contributed by atoms with Crippen molar-refractivity contribution in [3.05, 3.63) is 23.9 Å². The average molecular weight is 249 g/mol. The second kappa shape index (κ2) is 6.74. The molecular weight excluding hydrogens is 222 g/mol. The van der Waals surface area contributed by atoms with Gasteiger partial charge in [0.1, 0.15) is 5.82 Å². The summed E-state index contributed by atoms with van der Waals surface area (Å²) in [6.07, 6.45) is 4.27. The summed E-state index contributed by atoms with van der Waals surface area (Å²) in [5.74, 6) is 1.58. The number of nitrogens with one attached hydrogen (secondary N) is 1. The van der Waals surface area contributed by atoms with Crippen LogP contribution in [-0.4, -0.2) is 18.1 Å². The maximum atomic E-state index is 5.59. The third kappa shape index (κ3) is 5.05. The van der Waals surface area contributed by atoms with Gasteiger partial charge in [-0.1, -0.05) is 33.8 Å². The summed E-state index contributed by atoms with van der Waals surface area (Å²) in [7, 11) is 0. The number of pyridine rings is 1. The van der Waals surface area contributed by atoms with E-state index in [1.54, 1.807) is 0 Å². The molecule has 0 aliphatic carbocycles. The van der Waals surface area contributed by atoms with Gasteiger partial charge in [0.05, 0.1) is 0 Å². The molecule has 1 unspecified atom stereocenters. The molecule has 0 aromatic carbocycles. The summed E-state index contributed by atoms with van der Waals surface area (Å²) in [6, 6.07) is 4.21. The Kier molecular flexibility index (Phi) is 5.60. The van der Waals surface area contributed by atoms with Crippen LogP contribution < -0.4 is 11.1 Å². The molecule has 1 rings (SSSR count). The fourth-order valence-electron chi connectivity index (χ4n) is 1.73. The summed E-state index contributed by atoms with van der Waals surface area (Å²) in [6.45, 7) is 10.5. The molecule has 1 atom stereocenters. The maximum Gasteiger partial charge on any atom is 0.125 e. The van der Waals surface area contributed by atoms with Gasteiger partial charge in [0.25, 0.3) is 0 Å². The molecule has 102 valence electrons. The molecule has 0 radical (unpaired) electrons. The van der Waals surface area contributed by atoms with Crippen LogP contribution in [0.1, 0.15) is 46.1 Å². The Morgan fingerprint density at radius 1 is 1.33 bits per heavy atom. The fourth-order valence-corrected chi connectivity index (χ4v) is 1.73. The number of anilines is 1. The summed E-state index contributed by atoms with van der Waals surface area (Å²) in [5, 5.41) is 3.35. The molecule has 0 amide bonds. The van der Waals surface area contributed by atoms with Crippen molar-refractivity contribution in [2.24, 2.45) is 11.7 Å². The monoisotopic (exact) mass is 249 g/mol. The largest absolute Gasteiger partial charge is 0.370 e. The van der Waals surface area contributed by atoms with E-state index in [-0.39, 0.29) is 5.41 Å². The summed E-state index contributed by atoms with van der Waals surface area (Å²) in [4.78, 5) is 4.45. The van der Waals surface area contributed by atoms with Crippen LogP contribution >= 0.6 is 0 Å². The molecule has 3 heteroatoms. The lowest BCUT2D eigenvalue weighted by molar-refractivity contribution is 0.529. The highest BCUT2D eigenvalue weighted by molar-refractivity contribution is 5.36. The first kappa shape index (κ1) is 15.0. The van der Waals surface area contributed by atoms with Crippen molar-refractivity contribution in [3.8, 4) is 0 Å². The number of nitrogens with zero attached hydrogens (tertiary/aromatic N) is 1. The molecule has 1 heterocycles. The summed E-state index contributed by atoms with van der Waals surface area (Å²) >= 11 is 0. The van der Waals surface area contributed by atoms with Gasteiger partial charge in [-0.25, -0.2) is 4.98 Å². The maximum absolute atomic E-state index is 5.59. The molecule has 0 aliphatic rings. The van der Waals surface area contributed by atoms with Crippen LogP contribution in [0, 0.1) is 5.92 Å². The van der Waals surface area contributed by atoms with E-state index in [1.807, 2.05) is 6.20 Å². The van der Waals surface area contributed by atoms with Gasteiger partial charge in [-0.15, -0.1) is 0 Å². The average Bonchev–Trinajstić information content (AvgIpc) is 2.33. The lowest BCUT2D eigenvalue weighted by atomic mass is 9.88. The molecular formula is C15H27N3. The number of nitrogens with two attached hydrogens (primary N) is 1. The van der Waals surface area contributed by atoms with Crippen molar-refractivity contribution in [2.75, 3.05) is 18.4 Å². The fraction of sp³-hybridized carbons (Fsp3) is 0.667. The number of aromatic nitrogens is 1. The smallest absolute Gasteiger partial charge is 0.125 e. The highest BCUT2D eigenvalue weighted by Gasteiger charge is 2.13. The number of hydrogen-bond acceptors (Lipinski definition) is 3. The molecule has 3 N–H and O–H groups in total. The van der Waals surface area contributed by atoms with Crippen LogP contribution in [-0.2, 0) is 5.41 Å². The van der Waals surface area contributed by atoms with E-state index < -0.39 is 0 Å². The normalized spacial score (nSPS) is 13.4. The van der Waals surface area contributed by atoms with Crippen molar-refractivity contribution >= 4 is 5.82 Å². The number of rotatable bonds is 6. The minimum absolute atomic E-state index is 0.169. The minimum Gasteiger partial charge on any atom is -0.370 e. The highest BCUT2D eigenvalue weighted by atomic mass is 15.0. The van der Waals surface area contributed by atoms with Crippen LogP contribution in [0.2, 0.25) is 0 Å². The van der Waals surface area contributed by atoms with Crippen LogP contribution in [0.3, 0.4) is 0 Å². The van der Waals surface area contributed by atoms with E-state index in [0.717, 1.165) is 25.3 Å². The Morgan fingerprint density at radius 2 is 2.06 bits per heavy atom. The van der Waals surface area contributed by atoms with E-state index >= 15 is 0 Å². The van der Waals surface area contributed by atoms with Crippen molar-refractivity contribution in [3.63, 3.8) is 0 Å². The second-order valence-electron chi connectivity index (χ2n) is 6.09. The van der Waals surface area contributed by atoms with Crippen molar-refractivity contribution in [1.82, 2.24) is 4.98 Å². The SMILES string of the molecule is CC(CN)CCCNc1ccc(C(C)(C)C)cn1. The van der Waals surface area contributed by atoms with Crippen molar-refractivity contribution in [1.29, 1.82) is 0 Å². The zero-order chi connectivity index (χ0) is 13.6. The Morgan fingerprint density at radius 3 is 2.56 bits per heavy atom. The van der Waals surface area contributed by atoms with Crippen molar-refractivity contribution < 1.29 is 0 Å². The molecule has 1 aromatic heterocycles. The topological polar surface area (TPSA) is 50.9 Å². The highest BCUT2D eigenvalue weighted by Crippen LogP contribution is 2.21. The summed E-state index contributed by atoms with van der Waals surface area (Å²) in [5.41, 5.74) is 7.03. The van der Waals surface area contributed by atoms with Gasteiger partial charge in [-0.05, 0) is 42.3 Å². The molecule has 18 heavy (non-hydrogen) atoms. The zero-order valence-electron chi connectivity index (χ0n) is 12.2. The van der Waals surface area contributed by atoms with Gasteiger partial charge in [0, 0.05) is 12.7 Å². The van der Waals surface area contributed by atoms with Crippen LogP contribution in [0.25, 0.3) is 0 Å². The quantitative estimate of drug-likeness (QED) is 0.761. The van der Waals surface area contributed by atoms with E-state index in [4.69, 9.17) is 5.73 Å². The third-order valence-electron chi connectivity index (χ3n) is 3.21. The van der Waals surface area contributed by atoms with Gasteiger partial charge < -0.3 is 11.1 Å². The van der Waals surface area contributed by atoms with E-state index in [9.17, 15) is 0 Å². The molecule has 3 nitrogen and oxygen atoms in total. The first-order valence-electron chi connectivity index (χ1n) is 6.84. The van der Waals surface area contributed by atoms with Gasteiger partial charge in [-0.2, -0.15) is 0 Å². The zero-order valence-corrected chi connectivity index (χ0v) is 12.2. The molecule has 0 spiro atoms. The molecule has 0 saturated heterocycles. The van der Waals surface area contributed by atoms with Gasteiger partial charge in [-0.3, -0.25) is 0 Å². The van der Waals surface area contributed by atoms with Crippen molar-refractivity contribution in [2.45, 2.75) is 46.0 Å².